The van der Waals surface area contributed by atoms with Crippen LogP contribution in [0.2, 0.25) is 0 Å². The third-order valence-electron chi connectivity index (χ3n) is 5.57. The Morgan fingerprint density at radius 2 is 1.95 bits per heavy atom. The fourth-order valence-corrected chi connectivity index (χ4v) is 5.38. The Labute approximate surface area is 128 Å². The van der Waals surface area contributed by atoms with E-state index < -0.39 is 0 Å². The van der Waals surface area contributed by atoms with Crippen molar-refractivity contribution in [1.29, 1.82) is 0 Å². The minimum Gasteiger partial charge on any atom is -0.375 e. The molecule has 116 valence electrons. The Balaban J connectivity index is 1.60. The van der Waals surface area contributed by atoms with Gasteiger partial charge < -0.3 is 15.0 Å². The number of thioether (sulfide) groups is 1. The molecule has 1 spiro atoms. The molecule has 0 aromatic rings. The number of nitrogens with zero attached hydrogens (tertiary/aromatic N) is 1. The predicted molar refractivity (Wildman–Crippen MR) is 86.5 cm³/mol. The summed E-state index contributed by atoms with van der Waals surface area (Å²) in [5.74, 6) is 2.59. The molecule has 4 heteroatoms. The summed E-state index contributed by atoms with van der Waals surface area (Å²) in [7, 11) is 2.37. The van der Waals surface area contributed by atoms with E-state index in [2.05, 4.69) is 29.0 Å². The molecule has 0 aromatic heterocycles. The summed E-state index contributed by atoms with van der Waals surface area (Å²) in [6.45, 7) is 3.38. The predicted octanol–water partition coefficient (Wildman–Crippen LogP) is 2.51. The summed E-state index contributed by atoms with van der Waals surface area (Å²) < 4.78 is 6.25. The standard InChI is InChI=1S/C16H30N2OS/c1-18(14-3-2-8-17-9-4-14)15-5-10-19-16(13-15)6-11-20-12-7-16/h14-15,17H,2-13H2,1H3. The van der Waals surface area contributed by atoms with Crippen molar-refractivity contribution in [2.75, 3.05) is 38.2 Å². The fourth-order valence-electron chi connectivity index (χ4n) is 4.15. The normalized spacial score (nSPS) is 35.1. The fraction of sp³-hybridized carbons (Fsp3) is 1.00. The summed E-state index contributed by atoms with van der Waals surface area (Å²) in [6, 6.07) is 1.53. The molecular formula is C16H30N2OS. The highest BCUT2D eigenvalue weighted by molar-refractivity contribution is 7.99. The highest BCUT2D eigenvalue weighted by Crippen LogP contribution is 2.39. The van der Waals surface area contributed by atoms with Crippen LogP contribution in [0.4, 0.5) is 0 Å². The molecule has 0 saturated carbocycles. The van der Waals surface area contributed by atoms with Crippen LogP contribution >= 0.6 is 11.8 Å². The lowest BCUT2D eigenvalue weighted by atomic mass is 9.84. The minimum atomic E-state index is 0.228. The summed E-state index contributed by atoms with van der Waals surface area (Å²) in [5.41, 5.74) is 0.228. The topological polar surface area (TPSA) is 24.5 Å². The second-order valence-corrected chi connectivity index (χ2v) is 8.02. The maximum absolute atomic E-state index is 6.25. The van der Waals surface area contributed by atoms with E-state index >= 15 is 0 Å². The number of nitrogens with one attached hydrogen (secondary N) is 1. The van der Waals surface area contributed by atoms with Gasteiger partial charge in [0.1, 0.15) is 0 Å². The first-order valence-corrected chi connectivity index (χ1v) is 9.59. The van der Waals surface area contributed by atoms with Crippen LogP contribution in [-0.4, -0.2) is 60.8 Å². The Kier molecular flexibility index (Phi) is 5.29. The van der Waals surface area contributed by atoms with Gasteiger partial charge in [0.05, 0.1) is 5.60 Å². The zero-order valence-corrected chi connectivity index (χ0v) is 13.7. The Hall–Kier alpha value is 0.230. The molecule has 3 fully saturated rings. The van der Waals surface area contributed by atoms with E-state index in [9.17, 15) is 0 Å². The van der Waals surface area contributed by atoms with Crippen LogP contribution < -0.4 is 5.32 Å². The van der Waals surface area contributed by atoms with Crippen molar-refractivity contribution in [1.82, 2.24) is 10.2 Å². The van der Waals surface area contributed by atoms with Crippen molar-refractivity contribution in [2.24, 2.45) is 0 Å². The number of hydrogen-bond donors (Lipinski definition) is 1. The molecule has 3 rings (SSSR count). The van der Waals surface area contributed by atoms with Gasteiger partial charge in [0.25, 0.3) is 0 Å². The van der Waals surface area contributed by atoms with E-state index in [1.165, 1.54) is 69.5 Å². The molecule has 1 N–H and O–H groups in total. The average molecular weight is 298 g/mol. The largest absolute Gasteiger partial charge is 0.375 e. The lowest BCUT2D eigenvalue weighted by molar-refractivity contribution is -0.112. The molecule has 0 aliphatic carbocycles. The van der Waals surface area contributed by atoms with Crippen molar-refractivity contribution in [3.8, 4) is 0 Å². The van der Waals surface area contributed by atoms with Crippen molar-refractivity contribution < 1.29 is 4.74 Å². The third kappa shape index (κ3) is 3.52. The molecule has 3 nitrogen and oxygen atoms in total. The molecule has 2 atom stereocenters. The van der Waals surface area contributed by atoms with Gasteiger partial charge in [-0.15, -0.1) is 0 Å². The molecule has 0 bridgehead atoms. The first kappa shape index (κ1) is 15.1. The smallest absolute Gasteiger partial charge is 0.0713 e. The summed E-state index contributed by atoms with van der Waals surface area (Å²) >= 11 is 2.10. The van der Waals surface area contributed by atoms with Gasteiger partial charge in [0, 0.05) is 18.7 Å². The van der Waals surface area contributed by atoms with Gasteiger partial charge in [-0.2, -0.15) is 11.8 Å². The van der Waals surface area contributed by atoms with Crippen LogP contribution in [0.3, 0.4) is 0 Å². The Bertz CT molecular complexity index is 293. The summed E-state index contributed by atoms with van der Waals surface area (Å²) in [4.78, 5) is 2.71. The summed E-state index contributed by atoms with van der Waals surface area (Å²) in [6.07, 6.45) is 9.06. The van der Waals surface area contributed by atoms with E-state index in [4.69, 9.17) is 4.74 Å². The maximum atomic E-state index is 6.25. The summed E-state index contributed by atoms with van der Waals surface area (Å²) in [5, 5.41) is 3.54. The van der Waals surface area contributed by atoms with Crippen molar-refractivity contribution in [2.45, 2.75) is 62.6 Å². The van der Waals surface area contributed by atoms with Crippen LogP contribution in [0.5, 0.6) is 0 Å². The number of ether oxygens (including phenoxy) is 1. The quantitative estimate of drug-likeness (QED) is 0.846. The van der Waals surface area contributed by atoms with Gasteiger partial charge in [-0.05, 0) is 76.6 Å². The van der Waals surface area contributed by atoms with Crippen LogP contribution in [0.25, 0.3) is 0 Å². The highest BCUT2D eigenvalue weighted by Gasteiger charge is 2.40. The van der Waals surface area contributed by atoms with Crippen LogP contribution in [-0.2, 0) is 4.74 Å². The van der Waals surface area contributed by atoms with Gasteiger partial charge in [-0.25, -0.2) is 0 Å². The molecular weight excluding hydrogens is 268 g/mol. The minimum absolute atomic E-state index is 0.228. The van der Waals surface area contributed by atoms with Crippen LogP contribution in [0, 0.1) is 0 Å². The van der Waals surface area contributed by atoms with Crippen molar-refractivity contribution in [3.05, 3.63) is 0 Å². The lowest BCUT2D eigenvalue weighted by Gasteiger charge is -2.47. The molecule has 20 heavy (non-hydrogen) atoms. The maximum Gasteiger partial charge on any atom is 0.0713 e. The van der Waals surface area contributed by atoms with E-state index in [1.54, 1.807) is 0 Å². The monoisotopic (exact) mass is 298 g/mol. The molecule has 3 saturated heterocycles. The molecule has 0 radical (unpaired) electrons. The van der Waals surface area contributed by atoms with Gasteiger partial charge in [-0.1, -0.05) is 0 Å². The van der Waals surface area contributed by atoms with Gasteiger partial charge in [-0.3, -0.25) is 0 Å². The van der Waals surface area contributed by atoms with Gasteiger partial charge in [0.2, 0.25) is 0 Å². The second-order valence-electron chi connectivity index (χ2n) is 6.79. The average Bonchev–Trinajstić information content (AvgIpc) is 2.76. The highest BCUT2D eigenvalue weighted by atomic mass is 32.2. The first-order chi connectivity index (χ1) is 9.79. The molecule has 0 amide bonds. The molecule has 3 heterocycles. The Morgan fingerprint density at radius 3 is 2.80 bits per heavy atom. The van der Waals surface area contributed by atoms with E-state index in [-0.39, 0.29) is 5.60 Å². The zero-order valence-electron chi connectivity index (χ0n) is 12.9. The van der Waals surface area contributed by atoms with Crippen LogP contribution in [0.1, 0.15) is 44.9 Å². The van der Waals surface area contributed by atoms with Gasteiger partial charge >= 0.3 is 0 Å². The molecule has 3 aliphatic heterocycles. The third-order valence-corrected chi connectivity index (χ3v) is 6.55. The molecule has 0 aromatic carbocycles. The number of rotatable bonds is 2. The molecule has 3 aliphatic rings. The van der Waals surface area contributed by atoms with E-state index in [1.807, 2.05) is 0 Å². The second kappa shape index (κ2) is 6.99. The SMILES string of the molecule is CN(C1CCCNCC1)C1CCOC2(CCSCC2)C1. The van der Waals surface area contributed by atoms with Crippen LogP contribution in [0.15, 0.2) is 0 Å². The molecule has 2 unspecified atom stereocenters. The van der Waals surface area contributed by atoms with Crippen molar-refractivity contribution in [3.63, 3.8) is 0 Å². The van der Waals surface area contributed by atoms with E-state index in [0.29, 0.717) is 0 Å². The number of hydrogen-bond acceptors (Lipinski definition) is 4. The first-order valence-electron chi connectivity index (χ1n) is 8.43. The Morgan fingerprint density at radius 1 is 1.10 bits per heavy atom. The van der Waals surface area contributed by atoms with Gasteiger partial charge in [0.15, 0.2) is 0 Å². The van der Waals surface area contributed by atoms with Crippen molar-refractivity contribution >= 4 is 11.8 Å². The lowest BCUT2D eigenvalue weighted by Crippen LogP contribution is -2.51. The zero-order chi connectivity index (χ0) is 13.8. The van der Waals surface area contributed by atoms with E-state index in [0.717, 1.165) is 18.7 Å².